The number of rotatable bonds is 38. The van der Waals surface area contributed by atoms with Crippen LogP contribution in [0.25, 0.3) is 99.6 Å². The average molecular weight is 1510 g/mol. The predicted octanol–water partition coefficient (Wildman–Crippen LogP) is 32.0. The molecule has 0 fully saturated rings. The Bertz CT molecular complexity index is 4980. The zero-order valence-corrected chi connectivity index (χ0v) is 68.2. The van der Waals surface area contributed by atoms with Gasteiger partial charge in [0, 0.05) is 66.9 Å². The summed E-state index contributed by atoms with van der Waals surface area (Å²) in [7, 11) is 0. The number of unbranched alkanes of at least 4 members (excludes halogenated alkanes) is 20. The Morgan fingerprint density at radius 3 is 0.759 bits per heavy atom. The van der Waals surface area contributed by atoms with Gasteiger partial charge < -0.3 is 9.80 Å². The van der Waals surface area contributed by atoms with Crippen molar-refractivity contribution in [3.05, 3.63) is 277 Å². The van der Waals surface area contributed by atoms with Crippen molar-refractivity contribution in [1.29, 1.82) is 0 Å². The van der Waals surface area contributed by atoms with Crippen LogP contribution in [0.5, 0.6) is 0 Å². The Balaban J connectivity index is 0.779. The van der Waals surface area contributed by atoms with Crippen LogP contribution in [-0.2, 0) is 10.8 Å². The van der Waals surface area contributed by atoms with Gasteiger partial charge in [0.05, 0.1) is 23.5 Å². The number of hydrogen-bond acceptors (Lipinski definition) is 8. The number of para-hydroxylation sites is 4. The molecule has 0 N–H and O–H groups in total. The Morgan fingerprint density at radius 1 is 0.223 bits per heavy atom. The van der Waals surface area contributed by atoms with E-state index in [0.717, 1.165) is 104 Å². The minimum absolute atomic E-state index is 0.164. The molecule has 0 spiro atoms. The predicted molar refractivity (Wildman–Crippen MR) is 481 cm³/mol. The third-order valence-corrected chi connectivity index (χ3v) is 26.1. The highest BCUT2D eigenvalue weighted by atomic mass is 32.1. The molecule has 112 heavy (non-hydrogen) atoms. The number of anilines is 6. The summed E-state index contributed by atoms with van der Waals surface area (Å²) < 4.78 is 21.2. The summed E-state index contributed by atoms with van der Waals surface area (Å²) >= 11 is 2.67. The Hall–Kier alpha value is -9.86. The summed E-state index contributed by atoms with van der Waals surface area (Å²) in [6.07, 6.45) is 34.8. The Kier molecular flexibility index (Phi) is 24.4. The molecule has 14 aromatic rings. The minimum atomic E-state index is -0.164. The normalized spacial score (nSPS) is 13.1. The maximum absolute atomic E-state index is 5.30. The molecule has 0 atom stereocenters. The number of hydrogen-bond donors (Lipinski definition) is 0. The lowest BCUT2D eigenvalue weighted by atomic mass is 9.70. The fourth-order valence-corrected chi connectivity index (χ4v) is 20.3. The van der Waals surface area contributed by atoms with E-state index < -0.39 is 0 Å². The van der Waals surface area contributed by atoms with Crippen molar-refractivity contribution < 1.29 is 0 Å². The standard InChI is InChI=1S/C104H110N6S2/c1-5-9-13-17-21-37-65-103(66-38-22-18-14-10-6-2)95-69-77(75-49-57-85(58-50-75)109(81-41-29-25-30-42-81)82-43-31-26-32-44-82)53-61-87(95)89-63-55-79(71-97(89)103)91-73-93-94(101-99(91)105-111-107-101)74-92(100-102(93)108-112-106-100)80-56-64-90-88-62-54-78(76-51-59-86(60-52-76)110(83-45-33-27-34-46-83)84-47-35-28-36-48-84)70-96(88)104(98(90)72-80,67-39-23-19-15-11-7-3)68-40-24-20-16-12-8-4/h25-36,41-64,69-74H,5-24,37-40,65-68H2,1-4H3. The fraction of sp³-hybridized carbons (Fsp3) is 0.327. The number of nitrogens with zero attached hydrogens (tertiary/aromatic N) is 6. The van der Waals surface area contributed by atoms with Gasteiger partial charge >= 0.3 is 0 Å². The smallest absolute Gasteiger partial charge is 0.113 e. The molecule has 0 radical (unpaired) electrons. The van der Waals surface area contributed by atoms with Crippen LogP contribution in [-0.4, -0.2) is 17.5 Å². The maximum atomic E-state index is 5.30. The largest absolute Gasteiger partial charge is 0.311 e. The monoisotopic (exact) mass is 1510 g/mol. The second-order valence-corrected chi connectivity index (χ2v) is 33.3. The van der Waals surface area contributed by atoms with Crippen molar-refractivity contribution in [2.45, 2.75) is 218 Å². The van der Waals surface area contributed by atoms with Crippen LogP contribution in [0.4, 0.5) is 34.1 Å². The summed E-state index contributed by atoms with van der Waals surface area (Å²) in [6.45, 7) is 9.33. The van der Waals surface area contributed by atoms with E-state index in [9.17, 15) is 0 Å². The van der Waals surface area contributed by atoms with Crippen molar-refractivity contribution in [3.8, 4) is 66.8 Å². The molecule has 0 amide bonds. The SMILES string of the molecule is CCCCCCCCC1(CCCCCCCC)c2cc(-c3ccc(N(c4ccccc4)c4ccccc4)cc3)ccc2-c2ccc(-c3cc4c(cc(-c5ccc6c(c5)C(CCCCCCCC)(CCCCCCCC)c5cc(-c7ccc(N(c8ccccc8)c8ccccc8)cc7)ccc5-6)c5nsnc54)c4nsnc34)cc21. The van der Waals surface area contributed by atoms with Crippen LogP contribution in [0.3, 0.4) is 0 Å². The fourth-order valence-electron chi connectivity index (χ4n) is 19.1. The third-order valence-electron chi connectivity index (χ3n) is 25.0. The molecular formula is C104H110N6S2. The Morgan fingerprint density at radius 2 is 0.464 bits per heavy atom. The number of aromatic nitrogens is 4. The van der Waals surface area contributed by atoms with Gasteiger partial charge in [0.1, 0.15) is 22.1 Å². The molecule has 8 heteroatoms. The molecule has 0 bridgehead atoms. The van der Waals surface area contributed by atoms with E-state index in [1.165, 1.54) is 255 Å². The first kappa shape index (κ1) is 76.1. The van der Waals surface area contributed by atoms with Crippen LogP contribution in [0.2, 0.25) is 0 Å². The van der Waals surface area contributed by atoms with Gasteiger partial charge in [-0.1, -0.05) is 327 Å². The molecule has 12 aromatic carbocycles. The van der Waals surface area contributed by atoms with Gasteiger partial charge in [-0.25, -0.2) is 0 Å². The van der Waals surface area contributed by atoms with Gasteiger partial charge in [-0.3, -0.25) is 0 Å². The lowest BCUT2D eigenvalue weighted by molar-refractivity contribution is 0.398. The summed E-state index contributed by atoms with van der Waals surface area (Å²) in [5, 5.41) is 2.18. The topological polar surface area (TPSA) is 58.0 Å². The maximum Gasteiger partial charge on any atom is 0.113 e. The molecule has 16 rings (SSSR count). The molecule has 2 aliphatic rings. The number of fused-ring (bicyclic) bond motifs is 11. The first-order valence-corrected chi connectivity index (χ1v) is 44.3. The van der Waals surface area contributed by atoms with Crippen LogP contribution in [0.15, 0.2) is 255 Å². The van der Waals surface area contributed by atoms with E-state index in [2.05, 4.69) is 292 Å². The van der Waals surface area contributed by atoms with E-state index >= 15 is 0 Å². The van der Waals surface area contributed by atoms with Gasteiger partial charge in [0.2, 0.25) is 0 Å². The van der Waals surface area contributed by atoms with Gasteiger partial charge in [-0.15, -0.1) is 0 Å². The molecule has 0 saturated heterocycles. The van der Waals surface area contributed by atoms with E-state index in [0.29, 0.717) is 0 Å². The average Bonchev–Trinajstić information content (AvgIpc) is 1.54. The second kappa shape index (κ2) is 35.9. The summed E-state index contributed by atoms with van der Waals surface area (Å²) in [4.78, 5) is 4.72. The molecular weight excluding hydrogens is 1400 g/mol. The highest BCUT2D eigenvalue weighted by Crippen LogP contribution is 2.59. The third kappa shape index (κ3) is 15.7. The summed E-state index contributed by atoms with van der Waals surface area (Å²) in [5.74, 6) is 0. The quantitative estimate of drug-likeness (QED) is 0.0360. The van der Waals surface area contributed by atoms with Crippen molar-refractivity contribution in [1.82, 2.24) is 17.5 Å². The van der Waals surface area contributed by atoms with Crippen molar-refractivity contribution >= 4 is 90.4 Å². The lowest BCUT2D eigenvalue weighted by Crippen LogP contribution is -2.25. The highest BCUT2D eigenvalue weighted by Gasteiger charge is 2.45. The second-order valence-electron chi connectivity index (χ2n) is 32.2. The summed E-state index contributed by atoms with van der Waals surface area (Å²) in [5.41, 5.74) is 31.5. The van der Waals surface area contributed by atoms with Crippen molar-refractivity contribution in [2.75, 3.05) is 9.80 Å². The highest BCUT2D eigenvalue weighted by molar-refractivity contribution is 7.00. The number of benzene rings is 12. The van der Waals surface area contributed by atoms with Gasteiger partial charge in [0.25, 0.3) is 0 Å². The first-order valence-electron chi connectivity index (χ1n) is 42.9. The molecule has 2 heterocycles. The van der Waals surface area contributed by atoms with Crippen LogP contribution < -0.4 is 9.80 Å². The molecule has 2 aromatic heterocycles. The van der Waals surface area contributed by atoms with Crippen LogP contribution in [0.1, 0.15) is 230 Å². The molecule has 0 aliphatic heterocycles. The van der Waals surface area contributed by atoms with Gasteiger partial charge in [-0.2, -0.15) is 17.5 Å². The Labute approximate surface area is 675 Å². The van der Waals surface area contributed by atoms with Crippen molar-refractivity contribution in [2.24, 2.45) is 0 Å². The van der Waals surface area contributed by atoms with Gasteiger partial charge in [-0.05, 0) is 213 Å². The van der Waals surface area contributed by atoms with Crippen LogP contribution >= 0.6 is 23.5 Å². The van der Waals surface area contributed by atoms with Crippen molar-refractivity contribution in [3.63, 3.8) is 0 Å². The van der Waals surface area contributed by atoms with E-state index in [4.69, 9.17) is 17.5 Å². The van der Waals surface area contributed by atoms with Gasteiger partial charge in [0.15, 0.2) is 0 Å². The zero-order chi connectivity index (χ0) is 76.1. The molecule has 6 nitrogen and oxygen atoms in total. The van der Waals surface area contributed by atoms with Crippen LogP contribution in [0, 0.1) is 0 Å². The summed E-state index contributed by atoms with van der Waals surface area (Å²) in [6, 6.07) is 96.4. The lowest BCUT2D eigenvalue weighted by Gasteiger charge is -2.33. The van der Waals surface area contributed by atoms with E-state index in [1.807, 2.05) is 0 Å². The molecule has 0 unspecified atom stereocenters. The molecule has 568 valence electrons. The minimum Gasteiger partial charge on any atom is -0.311 e. The zero-order valence-electron chi connectivity index (χ0n) is 66.5. The first-order chi connectivity index (χ1) is 55.4. The van der Waals surface area contributed by atoms with E-state index in [1.54, 1.807) is 0 Å². The molecule has 0 saturated carbocycles. The van der Waals surface area contributed by atoms with E-state index in [-0.39, 0.29) is 10.8 Å². The molecule has 2 aliphatic carbocycles.